The SMILES string of the molecule is CCCNC(CSc1nccs1)c1cccc(OC)c1. The Labute approximate surface area is 128 Å². The molecule has 0 amide bonds. The molecule has 0 spiro atoms. The molecule has 5 heteroatoms. The Bertz CT molecular complexity index is 502. The van der Waals surface area contributed by atoms with Crippen molar-refractivity contribution in [2.75, 3.05) is 19.4 Å². The lowest BCUT2D eigenvalue weighted by molar-refractivity contribution is 0.413. The van der Waals surface area contributed by atoms with E-state index >= 15 is 0 Å². The number of thiazole rings is 1. The van der Waals surface area contributed by atoms with Crippen LogP contribution in [0.4, 0.5) is 0 Å². The molecule has 20 heavy (non-hydrogen) atoms. The molecular formula is C15H20N2OS2. The van der Waals surface area contributed by atoms with Gasteiger partial charge in [-0.05, 0) is 30.7 Å². The highest BCUT2D eigenvalue weighted by molar-refractivity contribution is 8.01. The molecule has 1 heterocycles. The normalized spacial score (nSPS) is 12.3. The third kappa shape index (κ3) is 4.51. The van der Waals surface area contributed by atoms with Gasteiger partial charge in [0.05, 0.1) is 7.11 Å². The third-order valence-electron chi connectivity index (χ3n) is 2.92. The van der Waals surface area contributed by atoms with E-state index in [2.05, 4.69) is 29.4 Å². The molecule has 0 saturated carbocycles. The zero-order chi connectivity index (χ0) is 14.2. The Morgan fingerprint density at radius 1 is 1.45 bits per heavy atom. The summed E-state index contributed by atoms with van der Waals surface area (Å²) in [7, 11) is 1.71. The molecule has 1 N–H and O–H groups in total. The lowest BCUT2D eigenvalue weighted by atomic mass is 10.1. The van der Waals surface area contributed by atoms with E-state index in [1.165, 1.54) is 5.56 Å². The monoisotopic (exact) mass is 308 g/mol. The Morgan fingerprint density at radius 2 is 2.35 bits per heavy atom. The minimum absolute atomic E-state index is 0.318. The minimum atomic E-state index is 0.318. The van der Waals surface area contributed by atoms with E-state index < -0.39 is 0 Å². The first-order chi connectivity index (χ1) is 9.83. The summed E-state index contributed by atoms with van der Waals surface area (Å²) in [5.41, 5.74) is 1.27. The maximum absolute atomic E-state index is 5.31. The summed E-state index contributed by atoms with van der Waals surface area (Å²) < 4.78 is 6.44. The molecule has 0 aliphatic heterocycles. The molecule has 0 fully saturated rings. The number of hydrogen-bond donors (Lipinski definition) is 1. The smallest absolute Gasteiger partial charge is 0.149 e. The maximum Gasteiger partial charge on any atom is 0.149 e. The van der Waals surface area contributed by atoms with Gasteiger partial charge in [-0.2, -0.15) is 0 Å². The Balaban J connectivity index is 2.05. The molecule has 1 unspecified atom stereocenters. The fourth-order valence-electron chi connectivity index (χ4n) is 1.89. The van der Waals surface area contributed by atoms with Crippen molar-refractivity contribution in [1.82, 2.24) is 10.3 Å². The van der Waals surface area contributed by atoms with Crippen molar-refractivity contribution >= 4 is 23.1 Å². The predicted octanol–water partition coefficient (Wildman–Crippen LogP) is 3.98. The number of aromatic nitrogens is 1. The van der Waals surface area contributed by atoms with Crippen molar-refractivity contribution in [2.24, 2.45) is 0 Å². The molecule has 1 atom stereocenters. The van der Waals surface area contributed by atoms with Crippen molar-refractivity contribution in [1.29, 1.82) is 0 Å². The first-order valence-electron chi connectivity index (χ1n) is 6.73. The molecule has 1 aromatic heterocycles. The van der Waals surface area contributed by atoms with Gasteiger partial charge in [-0.15, -0.1) is 11.3 Å². The van der Waals surface area contributed by atoms with E-state index in [1.807, 2.05) is 23.7 Å². The molecule has 0 radical (unpaired) electrons. The zero-order valence-corrected chi connectivity index (χ0v) is 13.5. The Hall–Kier alpha value is -1.04. The number of hydrogen-bond acceptors (Lipinski definition) is 5. The summed E-state index contributed by atoms with van der Waals surface area (Å²) in [5, 5.41) is 5.62. The van der Waals surface area contributed by atoms with Gasteiger partial charge in [0.1, 0.15) is 10.1 Å². The highest BCUT2D eigenvalue weighted by Crippen LogP contribution is 2.27. The van der Waals surface area contributed by atoms with Crippen LogP contribution in [0.15, 0.2) is 40.2 Å². The van der Waals surface area contributed by atoms with Gasteiger partial charge >= 0.3 is 0 Å². The fourth-order valence-corrected chi connectivity index (χ4v) is 3.64. The number of nitrogens with zero attached hydrogens (tertiary/aromatic N) is 1. The van der Waals surface area contributed by atoms with Crippen LogP contribution in [-0.4, -0.2) is 24.4 Å². The summed E-state index contributed by atoms with van der Waals surface area (Å²) in [6.45, 7) is 3.20. The molecule has 2 rings (SSSR count). The maximum atomic E-state index is 5.31. The molecule has 0 aliphatic carbocycles. The van der Waals surface area contributed by atoms with E-state index in [0.29, 0.717) is 6.04 Å². The predicted molar refractivity (Wildman–Crippen MR) is 86.9 cm³/mol. The number of nitrogens with one attached hydrogen (secondary N) is 1. The van der Waals surface area contributed by atoms with Gasteiger partial charge in [0.25, 0.3) is 0 Å². The molecule has 0 saturated heterocycles. The van der Waals surface area contributed by atoms with Gasteiger partial charge in [0.15, 0.2) is 0 Å². The van der Waals surface area contributed by atoms with Crippen molar-refractivity contribution in [3.05, 3.63) is 41.4 Å². The van der Waals surface area contributed by atoms with Gasteiger partial charge in [-0.1, -0.05) is 30.8 Å². The standard InChI is InChI=1S/C15H20N2OS2/c1-3-7-16-14(11-20-15-17-8-9-19-15)12-5-4-6-13(10-12)18-2/h4-6,8-10,14,16H,3,7,11H2,1-2H3. The van der Waals surface area contributed by atoms with Crippen molar-refractivity contribution in [3.63, 3.8) is 0 Å². The number of benzene rings is 1. The van der Waals surface area contributed by atoms with E-state index in [9.17, 15) is 0 Å². The molecule has 2 aromatic rings. The van der Waals surface area contributed by atoms with Crippen LogP contribution in [0.1, 0.15) is 24.9 Å². The van der Waals surface area contributed by atoms with E-state index in [4.69, 9.17) is 4.74 Å². The molecule has 108 valence electrons. The summed E-state index contributed by atoms with van der Waals surface area (Å²) in [6.07, 6.45) is 2.98. The topological polar surface area (TPSA) is 34.2 Å². The molecule has 0 bridgehead atoms. The number of thioether (sulfide) groups is 1. The van der Waals surface area contributed by atoms with Crippen LogP contribution in [0, 0.1) is 0 Å². The zero-order valence-electron chi connectivity index (χ0n) is 11.8. The molecule has 1 aromatic carbocycles. The Morgan fingerprint density at radius 3 is 3.05 bits per heavy atom. The second-order valence-corrected chi connectivity index (χ2v) is 6.55. The average molecular weight is 308 g/mol. The van der Waals surface area contributed by atoms with E-state index in [0.717, 1.165) is 28.8 Å². The summed E-state index contributed by atoms with van der Waals surface area (Å²) in [5.74, 6) is 1.88. The minimum Gasteiger partial charge on any atom is -0.497 e. The quantitative estimate of drug-likeness (QED) is 0.748. The van der Waals surface area contributed by atoms with Crippen LogP contribution >= 0.6 is 23.1 Å². The summed E-state index contributed by atoms with van der Waals surface area (Å²) >= 11 is 3.49. The van der Waals surface area contributed by atoms with Crippen LogP contribution < -0.4 is 10.1 Å². The average Bonchev–Trinajstić information content (AvgIpc) is 3.01. The van der Waals surface area contributed by atoms with Crippen LogP contribution in [0.3, 0.4) is 0 Å². The summed E-state index contributed by atoms with van der Waals surface area (Å²) in [4.78, 5) is 4.32. The van der Waals surface area contributed by atoms with Crippen LogP contribution in [0.25, 0.3) is 0 Å². The number of rotatable bonds is 8. The first-order valence-corrected chi connectivity index (χ1v) is 8.59. The number of methoxy groups -OCH3 is 1. The van der Waals surface area contributed by atoms with Crippen LogP contribution in [0.5, 0.6) is 5.75 Å². The molecule has 3 nitrogen and oxygen atoms in total. The third-order valence-corrected chi connectivity index (χ3v) is 4.98. The van der Waals surface area contributed by atoms with Crippen molar-refractivity contribution in [2.45, 2.75) is 23.7 Å². The first kappa shape index (κ1) is 15.4. The highest BCUT2D eigenvalue weighted by Gasteiger charge is 2.12. The number of ether oxygens (including phenoxy) is 1. The van der Waals surface area contributed by atoms with Crippen LogP contribution in [-0.2, 0) is 0 Å². The fraction of sp³-hybridized carbons (Fsp3) is 0.400. The van der Waals surface area contributed by atoms with Crippen LogP contribution in [0.2, 0.25) is 0 Å². The summed E-state index contributed by atoms with van der Waals surface area (Å²) in [6, 6.07) is 8.60. The molecular weight excluding hydrogens is 288 g/mol. The second-order valence-electron chi connectivity index (χ2n) is 4.39. The highest BCUT2D eigenvalue weighted by atomic mass is 32.2. The van der Waals surface area contributed by atoms with Crippen molar-refractivity contribution < 1.29 is 4.74 Å². The van der Waals surface area contributed by atoms with Crippen molar-refractivity contribution in [3.8, 4) is 5.75 Å². The van der Waals surface area contributed by atoms with Gasteiger partial charge in [-0.3, -0.25) is 0 Å². The molecule has 0 aliphatic rings. The van der Waals surface area contributed by atoms with Gasteiger partial charge in [0.2, 0.25) is 0 Å². The van der Waals surface area contributed by atoms with Gasteiger partial charge in [0, 0.05) is 23.4 Å². The van der Waals surface area contributed by atoms with E-state index in [1.54, 1.807) is 30.2 Å². The van der Waals surface area contributed by atoms with E-state index in [-0.39, 0.29) is 0 Å². The van der Waals surface area contributed by atoms with Gasteiger partial charge < -0.3 is 10.1 Å². The lowest BCUT2D eigenvalue weighted by Gasteiger charge is -2.18. The largest absolute Gasteiger partial charge is 0.497 e. The second kappa shape index (κ2) is 8.29. The van der Waals surface area contributed by atoms with Gasteiger partial charge in [-0.25, -0.2) is 4.98 Å². The Kier molecular flexibility index (Phi) is 6.36. The lowest BCUT2D eigenvalue weighted by Crippen LogP contribution is -2.24.